The summed E-state index contributed by atoms with van der Waals surface area (Å²) in [5.41, 5.74) is 3.56. The summed E-state index contributed by atoms with van der Waals surface area (Å²) in [6, 6.07) is 0. The molecule has 3 rings (SSSR count). The van der Waals surface area contributed by atoms with E-state index in [2.05, 4.69) is 15.4 Å². The van der Waals surface area contributed by atoms with E-state index in [1.165, 1.54) is 0 Å². The molecule has 20 heavy (non-hydrogen) atoms. The van der Waals surface area contributed by atoms with Gasteiger partial charge in [-0.3, -0.25) is 9.89 Å². The van der Waals surface area contributed by atoms with Crippen LogP contribution in [-0.4, -0.2) is 39.3 Å². The Balaban J connectivity index is 1.78. The SMILES string of the molecule is Cc1cn[nH]c1[C@@H]1CCN(C(=O)c2c(C)noc2C)C1. The van der Waals surface area contributed by atoms with Crippen LogP contribution in [0, 0.1) is 20.8 Å². The second-order valence-corrected chi connectivity index (χ2v) is 5.40. The monoisotopic (exact) mass is 274 g/mol. The van der Waals surface area contributed by atoms with Crippen LogP contribution in [0.4, 0.5) is 0 Å². The van der Waals surface area contributed by atoms with Crippen molar-refractivity contribution in [3.63, 3.8) is 0 Å². The van der Waals surface area contributed by atoms with E-state index in [1.807, 2.05) is 18.0 Å². The number of likely N-dealkylation sites (tertiary alicyclic amines) is 1. The van der Waals surface area contributed by atoms with Gasteiger partial charge in [0.2, 0.25) is 0 Å². The number of nitrogens with zero attached hydrogens (tertiary/aromatic N) is 3. The van der Waals surface area contributed by atoms with Gasteiger partial charge in [-0.15, -0.1) is 0 Å². The zero-order valence-corrected chi connectivity index (χ0v) is 11.9. The number of hydrogen-bond donors (Lipinski definition) is 1. The minimum absolute atomic E-state index is 0.0147. The average Bonchev–Trinajstić information content (AvgIpc) is 3.10. The zero-order chi connectivity index (χ0) is 14.3. The van der Waals surface area contributed by atoms with Gasteiger partial charge in [0.05, 0.1) is 11.9 Å². The number of aryl methyl sites for hydroxylation is 3. The zero-order valence-electron chi connectivity index (χ0n) is 11.9. The lowest BCUT2D eigenvalue weighted by Gasteiger charge is -2.16. The summed E-state index contributed by atoms with van der Waals surface area (Å²) in [6.07, 6.45) is 2.78. The van der Waals surface area contributed by atoms with Gasteiger partial charge in [-0.05, 0) is 32.8 Å². The third-order valence-electron chi connectivity index (χ3n) is 4.00. The van der Waals surface area contributed by atoms with Crippen LogP contribution >= 0.6 is 0 Å². The topological polar surface area (TPSA) is 75.0 Å². The largest absolute Gasteiger partial charge is 0.361 e. The van der Waals surface area contributed by atoms with Crippen molar-refractivity contribution in [3.05, 3.63) is 34.5 Å². The van der Waals surface area contributed by atoms with Crippen LogP contribution in [0.25, 0.3) is 0 Å². The molecule has 0 aromatic carbocycles. The van der Waals surface area contributed by atoms with Crippen LogP contribution in [0.3, 0.4) is 0 Å². The molecule has 6 heteroatoms. The molecule has 1 atom stereocenters. The molecular formula is C14H18N4O2. The predicted molar refractivity (Wildman–Crippen MR) is 72.6 cm³/mol. The van der Waals surface area contributed by atoms with E-state index in [1.54, 1.807) is 13.8 Å². The highest BCUT2D eigenvalue weighted by Crippen LogP contribution is 2.29. The highest BCUT2D eigenvalue weighted by Gasteiger charge is 2.32. The molecule has 0 saturated carbocycles. The minimum atomic E-state index is 0.0147. The number of carbonyl (C=O) groups is 1. The fourth-order valence-corrected chi connectivity index (χ4v) is 2.90. The van der Waals surface area contributed by atoms with Crippen molar-refractivity contribution in [3.8, 4) is 0 Å². The summed E-state index contributed by atoms with van der Waals surface area (Å²) in [7, 11) is 0. The van der Waals surface area contributed by atoms with Crippen LogP contribution in [0.1, 0.15) is 45.4 Å². The van der Waals surface area contributed by atoms with E-state index in [0.29, 0.717) is 29.5 Å². The second-order valence-electron chi connectivity index (χ2n) is 5.40. The standard InChI is InChI=1S/C14H18N4O2/c1-8-6-15-16-13(8)11-4-5-18(7-11)14(19)12-9(2)17-20-10(12)3/h6,11H,4-5,7H2,1-3H3,(H,15,16)/t11-/m1/s1. The fourth-order valence-electron chi connectivity index (χ4n) is 2.90. The highest BCUT2D eigenvalue weighted by atomic mass is 16.5. The summed E-state index contributed by atoms with van der Waals surface area (Å²) in [5, 5.41) is 11.0. The van der Waals surface area contributed by atoms with Gasteiger partial charge in [-0.25, -0.2) is 0 Å². The molecule has 1 amide bonds. The third-order valence-corrected chi connectivity index (χ3v) is 4.00. The summed E-state index contributed by atoms with van der Waals surface area (Å²) in [4.78, 5) is 14.4. The molecule has 1 aliphatic heterocycles. The van der Waals surface area contributed by atoms with E-state index >= 15 is 0 Å². The number of hydrogen-bond acceptors (Lipinski definition) is 4. The average molecular weight is 274 g/mol. The smallest absolute Gasteiger partial charge is 0.259 e. The Morgan fingerprint density at radius 2 is 2.25 bits per heavy atom. The fraction of sp³-hybridized carbons (Fsp3) is 0.500. The first-order valence-electron chi connectivity index (χ1n) is 6.80. The Kier molecular flexibility index (Phi) is 3.08. The molecule has 1 aliphatic rings. The van der Waals surface area contributed by atoms with Crippen LogP contribution in [0.2, 0.25) is 0 Å². The number of aromatic nitrogens is 3. The van der Waals surface area contributed by atoms with Crippen molar-refractivity contribution in [1.82, 2.24) is 20.3 Å². The first-order valence-corrected chi connectivity index (χ1v) is 6.80. The number of carbonyl (C=O) groups excluding carboxylic acids is 1. The molecule has 106 valence electrons. The third kappa shape index (κ3) is 2.01. The molecule has 0 unspecified atom stereocenters. The molecule has 1 N–H and O–H groups in total. The first kappa shape index (κ1) is 12.9. The van der Waals surface area contributed by atoms with Crippen molar-refractivity contribution < 1.29 is 9.32 Å². The van der Waals surface area contributed by atoms with Gasteiger partial charge >= 0.3 is 0 Å². The second kappa shape index (κ2) is 4.77. The predicted octanol–water partition coefficient (Wildman–Crippen LogP) is 1.95. The number of amides is 1. The summed E-state index contributed by atoms with van der Waals surface area (Å²) in [5.74, 6) is 0.941. The van der Waals surface area contributed by atoms with E-state index in [4.69, 9.17) is 4.52 Å². The van der Waals surface area contributed by atoms with Gasteiger partial charge in [0.1, 0.15) is 11.3 Å². The molecule has 2 aromatic rings. The number of nitrogens with one attached hydrogen (secondary N) is 1. The molecule has 1 fully saturated rings. The van der Waals surface area contributed by atoms with Gasteiger partial charge in [-0.1, -0.05) is 5.16 Å². The normalized spacial score (nSPS) is 18.8. The molecule has 6 nitrogen and oxygen atoms in total. The lowest BCUT2D eigenvalue weighted by Crippen LogP contribution is -2.29. The Morgan fingerprint density at radius 1 is 1.45 bits per heavy atom. The van der Waals surface area contributed by atoms with E-state index in [0.717, 1.165) is 24.2 Å². The Morgan fingerprint density at radius 3 is 2.85 bits per heavy atom. The van der Waals surface area contributed by atoms with E-state index < -0.39 is 0 Å². The van der Waals surface area contributed by atoms with Crippen LogP contribution in [-0.2, 0) is 0 Å². The van der Waals surface area contributed by atoms with Gasteiger partial charge in [0, 0.05) is 24.7 Å². The minimum Gasteiger partial charge on any atom is -0.361 e. The van der Waals surface area contributed by atoms with Crippen LogP contribution in [0.5, 0.6) is 0 Å². The van der Waals surface area contributed by atoms with Crippen molar-refractivity contribution in [1.29, 1.82) is 0 Å². The molecule has 0 bridgehead atoms. The molecule has 0 spiro atoms. The maximum Gasteiger partial charge on any atom is 0.259 e. The summed E-state index contributed by atoms with van der Waals surface area (Å²) in [6.45, 7) is 7.09. The van der Waals surface area contributed by atoms with Crippen LogP contribution < -0.4 is 0 Å². The molecule has 3 heterocycles. The van der Waals surface area contributed by atoms with Gasteiger partial charge in [0.15, 0.2) is 0 Å². The first-order chi connectivity index (χ1) is 9.58. The molecular weight excluding hydrogens is 256 g/mol. The Labute approximate surface area is 117 Å². The molecule has 0 radical (unpaired) electrons. The molecule has 0 aliphatic carbocycles. The Hall–Kier alpha value is -2.11. The number of aromatic amines is 1. The number of rotatable bonds is 2. The number of H-pyrrole nitrogens is 1. The Bertz CT molecular complexity index is 624. The molecule has 1 saturated heterocycles. The highest BCUT2D eigenvalue weighted by molar-refractivity contribution is 5.96. The van der Waals surface area contributed by atoms with Crippen molar-refractivity contribution >= 4 is 5.91 Å². The van der Waals surface area contributed by atoms with Crippen molar-refractivity contribution in [2.45, 2.75) is 33.1 Å². The van der Waals surface area contributed by atoms with Crippen molar-refractivity contribution in [2.75, 3.05) is 13.1 Å². The lowest BCUT2D eigenvalue weighted by atomic mass is 10.0. The maximum absolute atomic E-state index is 12.5. The van der Waals surface area contributed by atoms with Gasteiger partial charge < -0.3 is 9.42 Å². The van der Waals surface area contributed by atoms with Gasteiger partial charge in [0.25, 0.3) is 5.91 Å². The van der Waals surface area contributed by atoms with Crippen molar-refractivity contribution in [2.24, 2.45) is 0 Å². The van der Waals surface area contributed by atoms with Gasteiger partial charge in [-0.2, -0.15) is 5.10 Å². The molecule has 2 aromatic heterocycles. The maximum atomic E-state index is 12.5. The van der Waals surface area contributed by atoms with E-state index in [9.17, 15) is 4.79 Å². The summed E-state index contributed by atoms with van der Waals surface area (Å²) >= 11 is 0. The quantitative estimate of drug-likeness (QED) is 0.908. The summed E-state index contributed by atoms with van der Waals surface area (Å²) < 4.78 is 5.08. The van der Waals surface area contributed by atoms with Crippen LogP contribution in [0.15, 0.2) is 10.7 Å². The lowest BCUT2D eigenvalue weighted by molar-refractivity contribution is 0.0788. The van der Waals surface area contributed by atoms with E-state index in [-0.39, 0.29) is 5.91 Å².